The number of carbonyl (C=O) groups excluding carboxylic acids is 1. The van der Waals surface area contributed by atoms with Gasteiger partial charge in [-0.2, -0.15) is 0 Å². The van der Waals surface area contributed by atoms with E-state index in [1.165, 1.54) is 25.9 Å². The van der Waals surface area contributed by atoms with Crippen LogP contribution in [0.2, 0.25) is 0 Å². The maximum Gasteiger partial charge on any atom is 0.252 e. The van der Waals surface area contributed by atoms with Gasteiger partial charge in [-0.15, -0.1) is 0 Å². The Hall–Kier alpha value is -2.07. The van der Waals surface area contributed by atoms with E-state index in [9.17, 15) is 4.79 Å². The van der Waals surface area contributed by atoms with Crippen LogP contribution in [0.5, 0.6) is 5.75 Å². The standard InChI is InChI=1S/C19H22N2O2/c1-23-16-10-13-4-2-3-5-14(13)17(18(16)19(20)22)15-11-21-8-6-12(15)7-9-21/h2-5,10,12,15H,6-9,11H2,1H3,(H2,20,22). The molecule has 0 radical (unpaired) electrons. The number of ether oxygens (including phenoxy) is 1. The largest absolute Gasteiger partial charge is 0.496 e. The zero-order valence-electron chi connectivity index (χ0n) is 13.4. The molecule has 23 heavy (non-hydrogen) atoms. The first-order valence-electron chi connectivity index (χ1n) is 8.31. The predicted octanol–water partition coefficient (Wildman–Crippen LogP) is 2.76. The lowest BCUT2D eigenvalue weighted by molar-refractivity contribution is 0.0859. The van der Waals surface area contributed by atoms with Gasteiger partial charge < -0.3 is 15.4 Å². The van der Waals surface area contributed by atoms with Crippen molar-refractivity contribution in [1.82, 2.24) is 4.90 Å². The second-order valence-corrected chi connectivity index (χ2v) is 6.70. The topological polar surface area (TPSA) is 55.6 Å². The van der Waals surface area contributed by atoms with Crippen molar-refractivity contribution >= 4 is 16.7 Å². The summed E-state index contributed by atoms with van der Waals surface area (Å²) in [5, 5.41) is 2.25. The molecule has 0 aromatic heterocycles. The normalized spacial score (nSPS) is 26.4. The van der Waals surface area contributed by atoms with Gasteiger partial charge in [0, 0.05) is 12.5 Å². The summed E-state index contributed by atoms with van der Waals surface area (Å²) in [6.07, 6.45) is 2.41. The molecule has 2 N–H and O–H groups in total. The highest BCUT2D eigenvalue weighted by Crippen LogP contribution is 2.44. The molecule has 4 nitrogen and oxygen atoms in total. The van der Waals surface area contributed by atoms with Gasteiger partial charge in [0.15, 0.2) is 0 Å². The smallest absolute Gasteiger partial charge is 0.252 e. The highest BCUT2D eigenvalue weighted by atomic mass is 16.5. The Bertz CT molecular complexity index is 763. The molecule has 3 fully saturated rings. The van der Waals surface area contributed by atoms with Crippen LogP contribution in [0.25, 0.3) is 10.8 Å². The average Bonchev–Trinajstić information content (AvgIpc) is 2.60. The lowest BCUT2D eigenvalue weighted by atomic mass is 9.73. The number of benzene rings is 2. The van der Waals surface area contributed by atoms with E-state index in [1.54, 1.807) is 7.11 Å². The summed E-state index contributed by atoms with van der Waals surface area (Å²) in [7, 11) is 1.61. The number of nitrogens with two attached hydrogens (primary N) is 1. The molecule has 3 heterocycles. The van der Waals surface area contributed by atoms with Gasteiger partial charge >= 0.3 is 0 Å². The predicted molar refractivity (Wildman–Crippen MR) is 90.9 cm³/mol. The molecule has 0 spiro atoms. The van der Waals surface area contributed by atoms with E-state index in [2.05, 4.69) is 17.0 Å². The lowest BCUT2D eigenvalue weighted by Crippen LogP contribution is -2.46. The van der Waals surface area contributed by atoms with E-state index in [0.717, 1.165) is 22.9 Å². The van der Waals surface area contributed by atoms with Crippen molar-refractivity contribution < 1.29 is 9.53 Å². The molecular formula is C19H22N2O2. The van der Waals surface area contributed by atoms with Gasteiger partial charge in [-0.25, -0.2) is 0 Å². The molecule has 2 bridgehead atoms. The molecule has 3 aliphatic heterocycles. The third kappa shape index (κ3) is 2.29. The Morgan fingerprint density at radius 2 is 2.00 bits per heavy atom. The van der Waals surface area contributed by atoms with E-state index in [4.69, 9.17) is 10.5 Å². The van der Waals surface area contributed by atoms with Crippen molar-refractivity contribution in [2.75, 3.05) is 26.7 Å². The zero-order chi connectivity index (χ0) is 16.0. The number of amides is 1. The first-order chi connectivity index (χ1) is 11.2. The van der Waals surface area contributed by atoms with Crippen LogP contribution in [-0.4, -0.2) is 37.6 Å². The second-order valence-electron chi connectivity index (χ2n) is 6.70. The van der Waals surface area contributed by atoms with Crippen LogP contribution in [0, 0.1) is 5.92 Å². The van der Waals surface area contributed by atoms with Crippen LogP contribution < -0.4 is 10.5 Å². The molecule has 1 unspecified atom stereocenters. The van der Waals surface area contributed by atoms with Crippen molar-refractivity contribution in [2.24, 2.45) is 11.7 Å². The van der Waals surface area contributed by atoms with Gasteiger partial charge in [-0.05, 0) is 54.3 Å². The van der Waals surface area contributed by atoms with Gasteiger partial charge in [0.1, 0.15) is 5.75 Å². The third-order valence-corrected chi connectivity index (χ3v) is 5.55. The molecule has 5 rings (SSSR count). The minimum atomic E-state index is -0.390. The van der Waals surface area contributed by atoms with E-state index in [0.29, 0.717) is 23.1 Å². The van der Waals surface area contributed by atoms with Crippen molar-refractivity contribution in [1.29, 1.82) is 0 Å². The number of primary amides is 1. The summed E-state index contributed by atoms with van der Waals surface area (Å²) >= 11 is 0. The van der Waals surface area contributed by atoms with Gasteiger partial charge in [0.25, 0.3) is 5.91 Å². The zero-order valence-corrected chi connectivity index (χ0v) is 13.4. The van der Waals surface area contributed by atoms with E-state index in [-0.39, 0.29) is 5.91 Å². The quantitative estimate of drug-likeness (QED) is 0.948. The number of rotatable bonds is 3. The minimum absolute atomic E-state index is 0.361. The number of nitrogens with zero attached hydrogens (tertiary/aromatic N) is 1. The number of fused-ring (bicyclic) bond motifs is 4. The van der Waals surface area contributed by atoms with Crippen molar-refractivity contribution in [3.8, 4) is 5.75 Å². The summed E-state index contributed by atoms with van der Waals surface area (Å²) in [5.74, 6) is 1.20. The number of piperidine rings is 3. The Balaban J connectivity index is 1.99. The second kappa shape index (κ2) is 5.53. The summed E-state index contributed by atoms with van der Waals surface area (Å²) in [6.45, 7) is 3.37. The number of carbonyl (C=O) groups is 1. The van der Waals surface area contributed by atoms with Crippen LogP contribution in [0.3, 0.4) is 0 Å². The molecular weight excluding hydrogens is 288 g/mol. The molecule has 2 aromatic carbocycles. The van der Waals surface area contributed by atoms with E-state index < -0.39 is 0 Å². The van der Waals surface area contributed by atoms with Gasteiger partial charge in [-0.1, -0.05) is 24.3 Å². The molecule has 0 aliphatic carbocycles. The van der Waals surface area contributed by atoms with Crippen LogP contribution in [0.15, 0.2) is 30.3 Å². The molecule has 3 aliphatic rings. The highest BCUT2D eigenvalue weighted by Gasteiger charge is 2.38. The number of hydrogen-bond donors (Lipinski definition) is 1. The van der Waals surface area contributed by atoms with Crippen LogP contribution in [0.4, 0.5) is 0 Å². The van der Waals surface area contributed by atoms with E-state index >= 15 is 0 Å². The molecule has 0 saturated carbocycles. The summed E-state index contributed by atoms with van der Waals surface area (Å²) in [6, 6.07) is 10.2. The first-order valence-corrected chi connectivity index (χ1v) is 8.31. The first kappa shape index (κ1) is 14.5. The molecule has 120 valence electrons. The fourth-order valence-electron chi connectivity index (χ4n) is 4.44. The monoisotopic (exact) mass is 310 g/mol. The van der Waals surface area contributed by atoms with E-state index in [1.807, 2.05) is 18.2 Å². The van der Waals surface area contributed by atoms with Gasteiger partial charge in [0.2, 0.25) is 0 Å². The van der Waals surface area contributed by atoms with Gasteiger partial charge in [-0.3, -0.25) is 4.79 Å². The van der Waals surface area contributed by atoms with Crippen molar-refractivity contribution in [3.05, 3.63) is 41.5 Å². The lowest BCUT2D eigenvalue weighted by Gasteiger charge is -2.45. The molecule has 3 saturated heterocycles. The fraction of sp³-hybridized carbons (Fsp3) is 0.421. The molecule has 4 heteroatoms. The molecule has 1 atom stereocenters. The molecule has 2 aromatic rings. The van der Waals surface area contributed by atoms with Crippen molar-refractivity contribution in [2.45, 2.75) is 18.8 Å². The van der Waals surface area contributed by atoms with Gasteiger partial charge in [0.05, 0.1) is 12.7 Å². The van der Waals surface area contributed by atoms with Crippen LogP contribution >= 0.6 is 0 Å². The summed E-state index contributed by atoms with van der Waals surface area (Å²) < 4.78 is 5.51. The van der Waals surface area contributed by atoms with Crippen LogP contribution in [-0.2, 0) is 0 Å². The third-order valence-electron chi connectivity index (χ3n) is 5.55. The highest BCUT2D eigenvalue weighted by molar-refractivity contribution is 6.04. The SMILES string of the molecule is COc1cc2ccccc2c(C2CN3CCC2CC3)c1C(N)=O. The Morgan fingerprint density at radius 1 is 1.26 bits per heavy atom. The maximum atomic E-state index is 12.2. The summed E-state index contributed by atoms with van der Waals surface area (Å²) in [4.78, 5) is 14.7. The maximum absolute atomic E-state index is 12.2. The fourth-order valence-corrected chi connectivity index (χ4v) is 4.44. The minimum Gasteiger partial charge on any atom is -0.496 e. The average molecular weight is 310 g/mol. The number of hydrogen-bond acceptors (Lipinski definition) is 3. The van der Waals surface area contributed by atoms with Crippen molar-refractivity contribution in [3.63, 3.8) is 0 Å². The molecule has 1 amide bonds. The Morgan fingerprint density at radius 3 is 2.61 bits per heavy atom. The number of methoxy groups -OCH3 is 1. The Kier molecular flexibility index (Phi) is 3.49. The Labute approximate surface area is 136 Å². The summed E-state index contributed by atoms with van der Waals surface area (Å²) in [5.41, 5.74) is 7.43. The van der Waals surface area contributed by atoms with Crippen LogP contribution in [0.1, 0.15) is 34.7 Å².